The van der Waals surface area contributed by atoms with Crippen molar-refractivity contribution in [3.63, 3.8) is 0 Å². The largest absolute Gasteiger partial charge is 0.388 e. The topological polar surface area (TPSA) is 89.4 Å². The summed E-state index contributed by atoms with van der Waals surface area (Å²) in [5, 5.41) is 5.41. The van der Waals surface area contributed by atoms with E-state index in [4.69, 9.17) is 0 Å². The predicted octanol–water partition coefficient (Wildman–Crippen LogP) is 8.34. The molecule has 0 aliphatic heterocycles. The molecule has 0 fully saturated rings. The Labute approximate surface area is 277 Å². The molecule has 0 atom stereocenters. The summed E-state index contributed by atoms with van der Waals surface area (Å²) >= 11 is 0. The Kier molecular flexibility index (Phi) is 11.5. The number of nitrogens with zero attached hydrogens (tertiary/aromatic N) is 6. The number of rotatable bonds is 3. The van der Waals surface area contributed by atoms with Crippen molar-refractivity contribution >= 4 is 27.5 Å². The first-order valence-electron chi connectivity index (χ1n) is 14.4. The molecule has 6 heterocycles. The van der Waals surface area contributed by atoms with Crippen LogP contribution in [-0.4, -0.2) is 37.0 Å². The molecule has 0 amide bonds. The van der Waals surface area contributed by atoms with Crippen LogP contribution in [0, 0.1) is 27.7 Å². The van der Waals surface area contributed by atoms with Gasteiger partial charge in [0.05, 0.1) is 33.8 Å². The average Bonchev–Trinajstić information content (AvgIpc) is 3.05. The van der Waals surface area contributed by atoms with Gasteiger partial charge in [-0.15, -0.1) is 0 Å². The average molecular weight is 679 g/mol. The van der Waals surface area contributed by atoms with Gasteiger partial charge in [-0.2, -0.15) is 0 Å². The number of hydrogen-bond donors (Lipinski definition) is 1. The predicted molar refractivity (Wildman–Crippen MR) is 180 cm³/mol. The first-order chi connectivity index (χ1) is 21.4. The van der Waals surface area contributed by atoms with Crippen molar-refractivity contribution < 1.29 is 19.5 Å². The number of pyridine rings is 6. The van der Waals surface area contributed by atoms with Crippen LogP contribution in [0.2, 0.25) is 0 Å². The summed E-state index contributed by atoms with van der Waals surface area (Å²) in [4.78, 5) is 26.0. The maximum Gasteiger partial charge on any atom is 0.0985 e. The SMILES string of the molecule is CNc1cc2cccnc2c2ncccc12.Cc1ccnc(-c2cc(C)ccn2)c1.Cc1ccnc(-c2cc(C)ccn2)c1.[Ru]. The second-order valence-electron chi connectivity index (χ2n) is 10.5. The number of anilines is 1. The summed E-state index contributed by atoms with van der Waals surface area (Å²) < 4.78 is 0. The molecular weight excluding hydrogens is 644 g/mol. The fourth-order valence-corrected chi connectivity index (χ4v) is 4.69. The molecule has 0 aliphatic rings. The molecular formula is C37H35N7Ru. The van der Waals surface area contributed by atoms with Gasteiger partial charge in [0.25, 0.3) is 0 Å². The molecule has 7 rings (SSSR count). The molecule has 0 bridgehead atoms. The van der Waals surface area contributed by atoms with Gasteiger partial charge in [-0.05, 0) is 123 Å². The van der Waals surface area contributed by atoms with E-state index in [1.54, 1.807) is 12.4 Å². The Hall–Kier alpha value is -4.94. The molecule has 7 aromatic rings. The van der Waals surface area contributed by atoms with E-state index in [1.807, 2.05) is 92.5 Å². The Balaban J connectivity index is 0.000000152. The number of fused-ring (bicyclic) bond motifs is 3. The Morgan fingerprint density at radius 2 is 0.844 bits per heavy atom. The second kappa shape index (κ2) is 15.7. The van der Waals surface area contributed by atoms with Crippen molar-refractivity contribution in [1.82, 2.24) is 29.9 Å². The smallest absolute Gasteiger partial charge is 0.0985 e. The molecule has 0 unspecified atom stereocenters. The minimum absolute atomic E-state index is 0. The van der Waals surface area contributed by atoms with E-state index < -0.39 is 0 Å². The fourth-order valence-electron chi connectivity index (χ4n) is 4.69. The fraction of sp³-hybridized carbons (Fsp3) is 0.135. The summed E-state index contributed by atoms with van der Waals surface area (Å²) in [6.07, 6.45) is 10.9. The molecule has 1 N–H and O–H groups in total. The summed E-state index contributed by atoms with van der Waals surface area (Å²) in [5.74, 6) is 0. The van der Waals surface area contributed by atoms with Crippen LogP contribution in [0.4, 0.5) is 5.69 Å². The van der Waals surface area contributed by atoms with Crippen molar-refractivity contribution in [2.75, 3.05) is 12.4 Å². The monoisotopic (exact) mass is 679 g/mol. The van der Waals surface area contributed by atoms with Gasteiger partial charge in [-0.25, -0.2) is 0 Å². The quantitative estimate of drug-likeness (QED) is 0.148. The number of aromatic nitrogens is 6. The van der Waals surface area contributed by atoms with E-state index >= 15 is 0 Å². The van der Waals surface area contributed by atoms with Crippen LogP contribution in [-0.2, 0) is 19.5 Å². The molecule has 0 saturated heterocycles. The number of nitrogens with one attached hydrogen (secondary N) is 1. The molecule has 45 heavy (non-hydrogen) atoms. The third-order valence-electron chi connectivity index (χ3n) is 6.92. The van der Waals surface area contributed by atoms with E-state index in [1.165, 1.54) is 22.3 Å². The zero-order valence-electron chi connectivity index (χ0n) is 26.0. The van der Waals surface area contributed by atoms with Crippen LogP contribution in [0.5, 0.6) is 0 Å². The Morgan fingerprint density at radius 1 is 0.444 bits per heavy atom. The maximum atomic E-state index is 4.42. The van der Waals surface area contributed by atoms with Crippen molar-refractivity contribution in [2.45, 2.75) is 27.7 Å². The van der Waals surface area contributed by atoms with Gasteiger partial charge < -0.3 is 5.32 Å². The zero-order valence-corrected chi connectivity index (χ0v) is 27.7. The summed E-state index contributed by atoms with van der Waals surface area (Å²) in [6, 6.07) is 26.2. The summed E-state index contributed by atoms with van der Waals surface area (Å²) in [6.45, 7) is 8.23. The second-order valence-corrected chi connectivity index (χ2v) is 10.5. The normalized spacial score (nSPS) is 10.2. The van der Waals surface area contributed by atoms with Gasteiger partial charge in [0.15, 0.2) is 0 Å². The number of benzene rings is 1. The van der Waals surface area contributed by atoms with E-state index in [0.29, 0.717) is 0 Å². The summed E-state index contributed by atoms with van der Waals surface area (Å²) in [5.41, 5.74) is 11.6. The van der Waals surface area contributed by atoms with Gasteiger partial charge >= 0.3 is 0 Å². The molecule has 0 spiro atoms. The molecule has 6 aromatic heterocycles. The Morgan fingerprint density at radius 3 is 1.24 bits per heavy atom. The molecule has 0 radical (unpaired) electrons. The first kappa shape index (κ1) is 33.0. The van der Waals surface area contributed by atoms with Crippen molar-refractivity contribution in [3.8, 4) is 22.8 Å². The number of hydrogen-bond acceptors (Lipinski definition) is 7. The van der Waals surface area contributed by atoms with Crippen LogP contribution >= 0.6 is 0 Å². The van der Waals surface area contributed by atoms with Crippen molar-refractivity contribution in [1.29, 1.82) is 0 Å². The van der Waals surface area contributed by atoms with Crippen molar-refractivity contribution in [3.05, 3.63) is 138 Å². The van der Waals surface area contributed by atoms with Gasteiger partial charge in [-0.3, -0.25) is 29.9 Å². The van der Waals surface area contributed by atoms with Crippen molar-refractivity contribution in [2.24, 2.45) is 0 Å². The van der Waals surface area contributed by atoms with E-state index in [-0.39, 0.29) is 19.5 Å². The third kappa shape index (κ3) is 8.58. The molecule has 0 aliphatic carbocycles. The zero-order chi connectivity index (χ0) is 30.9. The first-order valence-corrected chi connectivity index (χ1v) is 14.4. The Bertz CT molecular complexity index is 1850. The van der Waals surface area contributed by atoms with E-state index in [9.17, 15) is 0 Å². The molecule has 0 saturated carbocycles. The molecule has 8 heteroatoms. The van der Waals surface area contributed by atoms with Crippen LogP contribution < -0.4 is 5.32 Å². The van der Waals surface area contributed by atoms with Gasteiger partial charge in [-0.1, -0.05) is 6.07 Å². The van der Waals surface area contributed by atoms with E-state index in [0.717, 1.165) is 50.3 Å². The standard InChI is InChI=1S/C13H11N3.2C12H12N2.Ru/c1-14-11-8-9-4-2-6-15-12(9)13-10(11)5-3-7-16-13;2*1-9-3-5-13-11(7-9)12-8-10(2)4-6-14-12;/h2-8,14H,1H3;2*3-8H,1-2H3;. The van der Waals surface area contributed by atoms with Gasteiger partial charge in [0.1, 0.15) is 0 Å². The summed E-state index contributed by atoms with van der Waals surface area (Å²) in [7, 11) is 1.92. The molecule has 226 valence electrons. The van der Waals surface area contributed by atoms with Crippen LogP contribution in [0.15, 0.2) is 116 Å². The van der Waals surface area contributed by atoms with E-state index in [2.05, 4.69) is 81.1 Å². The van der Waals surface area contributed by atoms with Crippen LogP contribution in [0.25, 0.3) is 44.6 Å². The number of aryl methyl sites for hydroxylation is 4. The van der Waals surface area contributed by atoms with Crippen LogP contribution in [0.1, 0.15) is 22.3 Å². The van der Waals surface area contributed by atoms with Gasteiger partial charge in [0.2, 0.25) is 0 Å². The van der Waals surface area contributed by atoms with Crippen LogP contribution in [0.3, 0.4) is 0 Å². The minimum Gasteiger partial charge on any atom is -0.388 e. The third-order valence-corrected chi connectivity index (χ3v) is 6.92. The maximum absolute atomic E-state index is 4.42. The molecule has 7 nitrogen and oxygen atoms in total. The van der Waals surface area contributed by atoms with Gasteiger partial charge in [0, 0.05) is 80.2 Å². The molecule has 1 aromatic carbocycles. The minimum atomic E-state index is 0.